The van der Waals surface area contributed by atoms with Gasteiger partial charge in [-0.1, -0.05) is 6.42 Å². The first kappa shape index (κ1) is 11.7. The highest BCUT2D eigenvalue weighted by atomic mass is 16.5. The minimum atomic E-state index is 0.120. The van der Waals surface area contributed by atoms with E-state index in [9.17, 15) is 4.79 Å². The number of hydrogen-bond acceptors (Lipinski definition) is 3. The van der Waals surface area contributed by atoms with E-state index in [1.807, 2.05) is 18.2 Å². The van der Waals surface area contributed by atoms with E-state index >= 15 is 0 Å². The average molecular weight is 245 g/mol. The predicted molar refractivity (Wildman–Crippen MR) is 69.9 cm³/mol. The number of nitrogens with two attached hydrogens (primary N) is 1. The molecule has 2 N–H and O–H groups in total. The van der Waals surface area contributed by atoms with Crippen molar-refractivity contribution in [3.63, 3.8) is 0 Å². The molecule has 3 rings (SSSR count). The third kappa shape index (κ3) is 2.15. The highest BCUT2D eigenvalue weighted by Gasteiger charge is 2.27. The van der Waals surface area contributed by atoms with E-state index in [0.29, 0.717) is 0 Å². The first-order valence-electron chi connectivity index (χ1n) is 6.79. The van der Waals surface area contributed by atoms with Crippen LogP contribution in [0.4, 0.5) is 0 Å². The lowest BCUT2D eigenvalue weighted by Crippen LogP contribution is -2.31. The van der Waals surface area contributed by atoms with Crippen LogP contribution in [-0.2, 0) is 6.42 Å². The van der Waals surface area contributed by atoms with Crippen molar-refractivity contribution in [2.45, 2.75) is 38.1 Å². The molecule has 2 aliphatic rings. The van der Waals surface area contributed by atoms with E-state index < -0.39 is 0 Å². The molecule has 2 unspecified atom stereocenters. The van der Waals surface area contributed by atoms with Gasteiger partial charge in [0.25, 0.3) is 0 Å². The van der Waals surface area contributed by atoms with Gasteiger partial charge in [-0.25, -0.2) is 0 Å². The lowest BCUT2D eigenvalue weighted by Gasteiger charge is -2.25. The fourth-order valence-electron chi connectivity index (χ4n) is 3.04. The van der Waals surface area contributed by atoms with Gasteiger partial charge in [-0.2, -0.15) is 0 Å². The summed E-state index contributed by atoms with van der Waals surface area (Å²) >= 11 is 0. The Labute approximate surface area is 107 Å². The maximum Gasteiger partial charge on any atom is 0.166 e. The maximum absolute atomic E-state index is 12.4. The number of fused-ring (bicyclic) bond motifs is 1. The lowest BCUT2D eigenvalue weighted by atomic mass is 9.81. The Morgan fingerprint density at radius 3 is 3.06 bits per heavy atom. The van der Waals surface area contributed by atoms with E-state index in [1.165, 1.54) is 5.56 Å². The van der Waals surface area contributed by atoms with Crippen LogP contribution in [0.3, 0.4) is 0 Å². The van der Waals surface area contributed by atoms with Gasteiger partial charge in [0.15, 0.2) is 5.78 Å². The molecule has 0 bridgehead atoms. The van der Waals surface area contributed by atoms with E-state index in [0.717, 1.165) is 50.0 Å². The van der Waals surface area contributed by atoms with Crippen molar-refractivity contribution >= 4 is 5.78 Å². The highest BCUT2D eigenvalue weighted by molar-refractivity contribution is 5.98. The van der Waals surface area contributed by atoms with Gasteiger partial charge < -0.3 is 10.5 Å². The van der Waals surface area contributed by atoms with Crippen LogP contribution in [0.5, 0.6) is 5.75 Å². The van der Waals surface area contributed by atoms with Gasteiger partial charge in [0.05, 0.1) is 6.61 Å². The minimum absolute atomic E-state index is 0.120. The molecule has 2 atom stereocenters. The molecule has 3 heteroatoms. The number of ether oxygens (including phenoxy) is 1. The van der Waals surface area contributed by atoms with Gasteiger partial charge in [0.2, 0.25) is 0 Å². The molecule has 18 heavy (non-hydrogen) atoms. The zero-order chi connectivity index (χ0) is 12.5. The SMILES string of the molecule is NC1CCCC(C(=O)c2ccc3c(c2)CCO3)C1. The number of carbonyl (C=O) groups excluding carboxylic acids is 1. The van der Waals surface area contributed by atoms with Gasteiger partial charge in [0.1, 0.15) is 5.75 Å². The summed E-state index contributed by atoms with van der Waals surface area (Å²) in [6.45, 7) is 0.737. The van der Waals surface area contributed by atoms with Crippen LogP contribution in [0, 0.1) is 5.92 Å². The van der Waals surface area contributed by atoms with Crippen molar-refractivity contribution in [1.82, 2.24) is 0 Å². The number of hydrogen-bond donors (Lipinski definition) is 1. The van der Waals surface area contributed by atoms with Crippen molar-refractivity contribution < 1.29 is 9.53 Å². The second kappa shape index (κ2) is 4.73. The molecular formula is C15H19NO2. The van der Waals surface area contributed by atoms with Crippen LogP contribution in [-0.4, -0.2) is 18.4 Å². The Hall–Kier alpha value is -1.35. The molecule has 1 heterocycles. The molecule has 0 aromatic heterocycles. The van der Waals surface area contributed by atoms with Gasteiger partial charge >= 0.3 is 0 Å². The van der Waals surface area contributed by atoms with Crippen LogP contribution >= 0.6 is 0 Å². The highest BCUT2D eigenvalue weighted by Crippen LogP contribution is 2.30. The van der Waals surface area contributed by atoms with Gasteiger partial charge in [-0.15, -0.1) is 0 Å². The molecule has 0 saturated heterocycles. The molecule has 0 amide bonds. The van der Waals surface area contributed by atoms with Crippen molar-refractivity contribution in [3.05, 3.63) is 29.3 Å². The van der Waals surface area contributed by atoms with Crippen LogP contribution < -0.4 is 10.5 Å². The topological polar surface area (TPSA) is 52.3 Å². The molecule has 96 valence electrons. The molecule has 0 spiro atoms. The largest absolute Gasteiger partial charge is 0.493 e. The van der Waals surface area contributed by atoms with E-state index in [-0.39, 0.29) is 17.7 Å². The summed E-state index contributed by atoms with van der Waals surface area (Å²) in [5.41, 5.74) is 7.96. The second-order valence-electron chi connectivity index (χ2n) is 5.41. The van der Waals surface area contributed by atoms with Gasteiger partial charge in [-0.05, 0) is 43.0 Å². The van der Waals surface area contributed by atoms with Crippen molar-refractivity contribution in [2.24, 2.45) is 11.7 Å². The monoisotopic (exact) mass is 245 g/mol. The summed E-state index contributed by atoms with van der Waals surface area (Å²) in [5.74, 6) is 1.32. The van der Waals surface area contributed by atoms with Crippen molar-refractivity contribution in [3.8, 4) is 5.75 Å². The van der Waals surface area contributed by atoms with E-state index in [1.54, 1.807) is 0 Å². The standard InChI is InChI=1S/C15H19NO2/c16-13-3-1-2-11(9-13)15(17)12-4-5-14-10(8-12)6-7-18-14/h4-5,8,11,13H,1-3,6-7,9,16H2. The van der Waals surface area contributed by atoms with Crippen LogP contribution in [0.25, 0.3) is 0 Å². The molecule has 1 aromatic carbocycles. The van der Waals surface area contributed by atoms with Crippen LogP contribution in [0.15, 0.2) is 18.2 Å². The third-order valence-electron chi connectivity index (χ3n) is 4.06. The Morgan fingerprint density at radius 1 is 1.33 bits per heavy atom. The smallest absolute Gasteiger partial charge is 0.166 e. The molecule has 1 aliphatic carbocycles. The Balaban J connectivity index is 1.79. The number of ketones is 1. The minimum Gasteiger partial charge on any atom is -0.493 e. The lowest BCUT2D eigenvalue weighted by molar-refractivity contribution is 0.0881. The van der Waals surface area contributed by atoms with Gasteiger partial charge in [-0.3, -0.25) is 4.79 Å². The molecule has 1 fully saturated rings. The molecular weight excluding hydrogens is 226 g/mol. The zero-order valence-electron chi connectivity index (χ0n) is 10.5. The summed E-state index contributed by atoms with van der Waals surface area (Å²) in [7, 11) is 0. The number of carbonyl (C=O) groups is 1. The molecule has 1 aliphatic heterocycles. The normalized spacial score (nSPS) is 26.5. The maximum atomic E-state index is 12.4. The molecule has 1 aromatic rings. The predicted octanol–water partition coefficient (Wildman–Crippen LogP) is 2.32. The second-order valence-corrected chi connectivity index (χ2v) is 5.41. The number of benzene rings is 1. The Bertz CT molecular complexity index is 470. The third-order valence-corrected chi connectivity index (χ3v) is 4.06. The molecule has 3 nitrogen and oxygen atoms in total. The Kier molecular flexibility index (Phi) is 3.08. The summed E-state index contributed by atoms with van der Waals surface area (Å²) < 4.78 is 5.46. The van der Waals surface area contributed by atoms with Crippen LogP contribution in [0.1, 0.15) is 41.6 Å². The van der Waals surface area contributed by atoms with Gasteiger partial charge in [0, 0.05) is 23.9 Å². The Morgan fingerprint density at radius 2 is 2.22 bits per heavy atom. The van der Waals surface area contributed by atoms with Crippen molar-refractivity contribution in [1.29, 1.82) is 0 Å². The first-order valence-corrected chi connectivity index (χ1v) is 6.79. The molecule has 0 radical (unpaired) electrons. The van der Waals surface area contributed by atoms with E-state index in [2.05, 4.69) is 0 Å². The quantitative estimate of drug-likeness (QED) is 0.813. The fourth-order valence-corrected chi connectivity index (χ4v) is 3.04. The summed E-state index contributed by atoms with van der Waals surface area (Å²) in [5, 5.41) is 0. The summed E-state index contributed by atoms with van der Waals surface area (Å²) in [6.07, 6.45) is 4.88. The van der Waals surface area contributed by atoms with Crippen molar-refractivity contribution in [2.75, 3.05) is 6.61 Å². The molecule has 1 saturated carbocycles. The first-order chi connectivity index (χ1) is 8.74. The summed E-state index contributed by atoms with van der Waals surface area (Å²) in [6, 6.07) is 6.03. The van der Waals surface area contributed by atoms with E-state index in [4.69, 9.17) is 10.5 Å². The number of rotatable bonds is 2. The average Bonchev–Trinajstić information content (AvgIpc) is 2.85. The zero-order valence-corrected chi connectivity index (χ0v) is 10.5. The fraction of sp³-hybridized carbons (Fsp3) is 0.533. The summed E-state index contributed by atoms with van der Waals surface area (Å²) in [4.78, 5) is 12.4. The number of Topliss-reactive ketones (excluding diaryl/α,β-unsaturated/α-hetero) is 1. The van der Waals surface area contributed by atoms with Crippen LogP contribution in [0.2, 0.25) is 0 Å².